The Bertz CT molecular complexity index is 809. The average Bonchev–Trinajstić information content (AvgIpc) is 2.90. The van der Waals surface area contributed by atoms with Gasteiger partial charge in [0.1, 0.15) is 5.75 Å². The van der Waals surface area contributed by atoms with Crippen molar-refractivity contribution in [2.24, 2.45) is 5.92 Å². The molecule has 1 aromatic carbocycles. The molecule has 138 valence electrons. The zero-order valence-electron chi connectivity index (χ0n) is 14.6. The number of fused-ring (bicyclic) bond motifs is 1. The molecule has 26 heavy (non-hydrogen) atoms. The third kappa shape index (κ3) is 3.06. The lowest BCUT2D eigenvalue weighted by Crippen LogP contribution is -2.47. The Morgan fingerprint density at radius 2 is 1.92 bits per heavy atom. The fourth-order valence-electron chi connectivity index (χ4n) is 3.78. The lowest BCUT2D eigenvalue weighted by atomic mass is 9.80. The minimum Gasteiger partial charge on any atom is -0.497 e. The molecule has 0 atom stereocenters. The van der Waals surface area contributed by atoms with E-state index in [0.717, 1.165) is 28.3 Å². The first-order valence-corrected chi connectivity index (χ1v) is 8.84. The summed E-state index contributed by atoms with van der Waals surface area (Å²) in [7, 11) is 1.62. The third-order valence-electron chi connectivity index (χ3n) is 5.33. The van der Waals surface area contributed by atoms with Gasteiger partial charge in [-0.15, -0.1) is 0 Å². The van der Waals surface area contributed by atoms with E-state index >= 15 is 0 Å². The Morgan fingerprint density at radius 1 is 1.23 bits per heavy atom. The van der Waals surface area contributed by atoms with Crippen LogP contribution in [-0.4, -0.2) is 47.1 Å². The maximum atomic E-state index is 13.1. The number of rotatable bonds is 3. The van der Waals surface area contributed by atoms with Gasteiger partial charge in [0, 0.05) is 55.1 Å². The first-order chi connectivity index (χ1) is 12.5. The number of benzene rings is 1. The number of aromatic amines is 1. The summed E-state index contributed by atoms with van der Waals surface area (Å²) in [6, 6.07) is 7.69. The normalized spacial score (nSPS) is 19.4. The molecule has 4 rings (SSSR count). The lowest BCUT2D eigenvalue weighted by molar-refractivity contribution is -0.159. The molecule has 5 nitrogen and oxygen atoms in total. The zero-order chi connectivity index (χ0) is 18.3. The number of methoxy groups -OCH3 is 1. The van der Waals surface area contributed by atoms with E-state index in [1.807, 2.05) is 24.3 Å². The summed E-state index contributed by atoms with van der Waals surface area (Å²) in [6.45, 7) is 1.08. The highest BCUT2D eigenvalue weighted by Crippen LogP contribution is 2.43. The van der Waals surface area contributed by atoms with Gasteiger partial charge in [0.15, 0.2) is 0 Å². The van der Waals surface area contributed by atoms with Gasteiger partial charge in [-0.3, -0.25) is 9.89 Å². The topological polar surface area (TPSA) is 58.2 Å². The monoisotopic (exact) mass is 361 g/mol. The molecule has 1 aliphatic heterocycles. The van der Waals surface area contributed by atoms with Crippen LogP contribution in [0.5, 0.6) is 5.75 Å². The summed E-state index contributed by atoms with van der Waals surface area (Å²) < 4.78 is 31.3. The van der Waals surface area contributed by atoms with E-state index in [2.05, 4.69) is 10.2 Å². The first kappa shape index (κ1) is 17.0. The van der Waals surface area contributed by atoms with Crippen LogP contribution in [0.1, 0.15) is 24.1 Å². The quantitative estimate of drug-likeness (QED) is 0.914. The second-order valence-corrected chi connectivity index (χ2v) is 7.04. The van der Waals surface area contributed by atoms with Gasteiger partial charge in [-0.1, -0.05) is 0 Å². The summed E-state index contributed by atoms with van der Waals surface area (Å²) in [5, 5.41) is 7.53. The summed E-state index contributed by atoms with van der Waals surface area (Å²) in [4.78, 5) is 14.2. The van der Waals surface area contributed by atoms with Crippen molar-refractivity contribution < 1.29 is 18.3 Å². The van der Waals surface area contributed by atoms with Crippen LogP contribution < -0.4 is 4.74 Å². The maximum Gasteiger partial charge on any atom is 0.249 e. The number of hydrogen-bond acceptors (Lipinski definition) is 3. The molecule has 1 aromatic heterocycles. The standard InChI is InChI=1S/C19H21F2N3O2/c1-26-14-4-2-12(3-5-14)17-15-6-8-24(9-7-16(15)22-23-17)18(25)13-10-19(20,21)11-13/h2-5,13H,6-11H2,1H3,(H,22,23). The van der Waals surface area contributed by atoms with E-state index in [1.165, 1.54) is 0 Å². The average molecular weight is 361 g/mol. The number of carbonyl (C=O) groups excluding carboxylic acids is 1. The second-order valence-electron chi connectivity index (χ2n) is 7.04. The van der Waals surface area contributed by atoms with E-state index in [-0.39, 0.29) is 18.7 Å². The van der Waals surface area contributed by atoms with Gasteiger partial charge in [-0.05, 0) is 30.7 Å². The van der Waals surface area contributed by atoms with Gasteiger partial charge < -0.3 is 9.64 Å². The van der Waals surface area contributed by atoms with E-state index < -0.39 is 11.8 Å². The van der Waals surface area contributed by atoms with Gasteiger partial charge >= 0.3 is 0 Å². The summed E-state index contributed by atoms with van der Waals surface area (Å²) in [5.41, 5.74) is 3.99. The van der Waals surface area contributed by atoms with Crippen LogP contribution in [-0.2, 0) is 17.6 Å². The van der Waals surface area contributed by atoms with E-state index in [1.54, 1.807) is 12.0 Å². The molecule has 7 heteroatoms. The minimum atomic E-state index is -2.66. The summed E-state index contributed by atoms with van der Waals surface area (Å²) in [5.74, 6) is -2.55. The van der Waals surface area contributed by atoms with Crippen molar-refractivity contribution in [2.45, 2.75) is 31.6 Å². The van der Waals surface area contributed by atoms with Crippen LogP contribution in [0.4, 0.5) is 8.78 Å². The van der Waals surface area contributed by atoms with Crippen molar-refractivity contribution in [3.63, 3.8) is 0 Å². The van der Waals surface area contributed by atoms with Gasteiger partial charge in [0.25, 0.3) is 0 Å². The fourth-order valence-corrected chi connectivity index (χ4v) is 3.78. The molecule has 1 aliphatic carbocycles. The molecular formula is C19H21F2N3O2. The van der Waals surface area contributed by atoms with Crippen LogP contribution >= 0.6 is 0 Å². The Morgan fingerprint density at radius 3 is 2.58 bits per heavy atom. The SMILES string of the molecule is COc1ccc(-c2n[nH]c3c2CCN(C(=O)C2CC(F)(F)C2)CC3)cc1. The molecule has 2 aliphatic rings. The fraction of sp³-hybridized carbons (Fsp3) is 0.474. The number of nitrogens with one attached hydrogen (secondary N) is 1. The van der Waals surface area contributed by atoms with Crippen molar-refractivity contribution in [3.8, 4) is 17.0 Å². The predicted octanol–water partition coefficient (Wildman–Crippen LogP) is 3.06. The van der Waals surface area contributed by atoms with Crippen LogP contribution in [0.3, 0.4) is 0 Å². The number of carbonyl (C=O) groups is 1. The second kappa shape index (κ2) is 6.37. The van der Waals surface area contributed by atoms with Crippen LogP contribution in [0.2, 0.25) is 0 Å². The molecule has 2 aromatic rings. The van der Waals surface area contributed by atoms with Crippen molar-refractivity contribution in [2.75, 3.05) is 20.2 Å². The third-order valence-corrected chi connectivity index (χ3v) is 5.33. The van der Waals surface area contributed by atoms with Gasteiger partial charge in [-0.25, -0.2) is 8.78 Å². The Labute approximate surface area is 150 Å². The number of amides is 1. The van der Waals surface area contributed by atoms with E-state index in [9.17, 15) is 13.6 Å². The first-order valence-electron chi connectivity index (χ1n) is 8.84. The van der Waals surface area contributed by atoms with Crippen LogP contribution in [0.15, 0.2) is 24.3 Å². The summed E-state index contributed by atoms with van der Waals surface area (Å²) in [6.07, 6.45) is 0.702. The van der Waals surface area contributed by atoms with Crippen LogP contribution in [0, 0.1) is 5.92 Å². The number of halogens is 2. The molecule has 0 saturated heterocycles. The van der Waals surface area contributed by atoms with Crippen molar-refractivity contribution in [1.82, 2.24) is 15.1 Å². The highest BCUT2D eigenvalue weighted by atomic mass is 19.3. The Hall–Kier alpha value is -2.44. The molecule has 0 radical (unpaired) electrons. The van der Waals surface area contributed by atoms with E-state index in [0.29, 0.717) is 25.9 Å². The smallest absolute Gasteiger partial charge is 0.249 e. The number of alkyl halides is 2. The van der Waals surface area contributed by atoms with Crippen molar-refractivity contribution in [1.29, 1.82) is 0 Å². The van der Waals surface area contributed by atoms with Gasteiger partial charge in [0.2, 0.25) is 11.8 Å². The number of nitrogens with zero attached hydrogens (tertiary/aromatic N) is 2. The van der Waals surface area contributed by atoms with Gasteiger partial charge in [0.05, 0.1) is 12.8 Å². The number of H-pyrrole nitrogens is 1. The van der Waals surface area contributed by atoms with Gasteiger partial charge in [-0.2, -0.15) is 5.10 Å². The van der Waals surface area contributed by atoms with Crippen molar-refractivity contribution in [3.05, 3.63) is 35.5 Å². The van der Waals surface area contributed by atoms with E-state index in [4.69, 9.17) is 4.74 Å². The van der Waals surface area contributed by atoms with Crippen molar-refractivity contribution >= 4 is 5.91 Å². The van der Waals surface area contributed by atoms with Crippen LogP contribution in [0.25, 0.3) is 11.3 Å². The molecular weight excluding hydrogens is 340 g/mol. The highest BCUT2D eigenvalue weighted by Gasteiger charge is 2.49. The molecule has 2 heterocycles. The minimum absolute atomic E-state index is 0.139. The molecule has 1 N–H and O–H groups in total. The lowest BCUT2D eigenvalue weighted by Gasteiger charge is -2.37. The number of aromatic nitrogens is 2. The summed E-state index contributed by atoms with van der Waals surface area (Å²) >= 11 is 0. The molecule has 0 spiro atoms. The molecule has 1 fully saturated rings. The number of hydrogen-bond donors (Lipinski definition) is 1. The highest BCUT2D eigenvalue weighted by molar-refractivity contribution is 5.80. The predicted molar refractivity (Wildman–Crippen MR) is 92.2 cm³/mol. The Balaban J connectivity index is 1.48. The molecule has 1 saturated carbocycles. The maximum absolute atomic E-state index is 13.1. The largest absolute Gasteiger partial charge is 0.497 e. The molecule has 0 bridgehead atoms. The molecule has 1 amide bonds. The molecule has 0 unspecified atom stereocenters. The zero-order valence-corrected chi connectivity index (χ0v) is 14.6. The Kier molecular flexibility index (Phi) is 4.17. The number of ether oxygens (including phenoxy) is 1.